The molecular weight excluding hydrogens is 512 g/mol. The van der Waals surface area contributed by atoms with Crippen LogP contribution in [0.25, 0.3) is 0 Å². The average molecular weight is 530 g/mol. The number of amides is 3. The number of halogens is 2. The zero-order valence-corrected chi connectivity index (χ0v) is 19.4. The van der Waals surface area contributed by atoms with Crippen LogP contribution in [0, 0.1) is 0 Å². The predicted molar refractivity (Wildman–Crippen MR) is 131 cm³/mol. The maximum absolute atomic E-state index is 12.0. The fraction of sp³-hybridized carbons (Fsp3) is 0.0435. The van der Waals surface area contributed by atoms with Crippen LogP contribution in [-0.2, 0) is 14.4 Å². The SMILES string of the molecule is O=C(COc1ccc(/C=N\NC(=O)C(=O)Nc2cccc(Br)c2)cc1)Nc1ccccc1Cl. The van der Waals surface area contributed by atoms with Gasteiger partial charge in [0.05, 0.1) is 16.9 Å². The summed E-state index contributed by atoms with van der Waals surface area (Å²) < 4.78 is 6.22. The predicted octanol–water partition coefficient (Wildman–Crippen LogP) is 4.21. The highest BCUT2D eigenvalue weighted by Gasteiger charge is 2.12. The van der Waals surface area contributed by atoms with Crippen molar-refractivity contribution in [2.75, 3.05) is 17.2 Å². The number of hydrogen-bond donors (Lipinski definition) is 3. The molecule has 33 heavy (non-hydrogen) atoms. The lowest BCUT2D eigenvalue weighted by Gasteiger charge is -2.08. The molecule has 0 aliphatic rings. The molecule has 0 radical (unpaired) electrons. The lowest BCUT2D eigenvalue weighted by molar-refractivity contribution is -0.136. The van der Waals surface area contributed by atoms with Gasteiger partial charge in [-0.05, 0) is 60.2 Å². The second-order valence-electron chi connectivity index (χ2n) is 6.55. The van der Waals surface area contributed by atoms with E-state index < -0.39 is 11.8 Å². The molecule has 0 atom stereocenters. The van der Waals surface area contributed by atoms with E-state index in [1.54, 1.807) is 72.8 Å². The molecular formula is C23H18BrClN4O4. The lowest BCUT2D eigenvalue weighted by atomic mass is 10.2. The van der Waals surface area contributed by atoms with Crippen molar-refractivity contribution >= 4 is 62.8 Å². The first kappa shape index (κ1) is 24.0. The molecule has 0 saturated carbocycles. The van der Waals surface area contributed by atoms with Crippen molar-refractivity contribution in [1.29, 1.82) is 0 Å². The minimum Gasteiger partial charge on any atom is -0.484 e. The molecule has 168 valence electrons. The Balaban J connectivity index is 1.44. The molecule has 3 aromatic rings. The zero-order chi connectivity index (χ0) is 23.6. The van der Waals surface area contributed by atoms with Crippen LogP contribution in [0.1, 0.15) is 5.56 Å². The molecule has 0 heterocycles. The summed E-state index contributed by atoms with van der Waals surface area (Å²) in [7, 11) is 0. The molecule has 0 aliphatic heterocycles. The largest absolute Gasteiger partial charge is 0.484 e. The Labute approximate surface area is 203 Å². The van der Waals surface area contributed by atoms with Gasteiger partial charge in [0.1, 0.15) is 5.75 Å². The Morgan fingerprint density at radius 2 is 1.70 bits per heavy atom. The van der Waals surface area contributed by atoms with Crippen LogP contribution in [0.3, 0.4) is 0 Å². The van der Waals surface area contributed by atoms with Gasteiger partial charge < -0.3 is 15.4 Å². The number of carbonyl (C=O) groups is 3. The van der Waals surface area contributed by atoms with Gasteiger partial charge in [-0.1, -0.05) is 45.7 Å². The molecule has 10 heteroatoms. The second-order valence-corrected chi connectivity index (χ2v) is 7.87. The van der Waals surface area contributed by atoms with E-state index in [4.69, 9.17) is 16.3 Å². The Kier molecular flexibility index (Phi) is 8.56. The van der Waals surface area contributed by atoms with Crippen molar-refractivity contribution in [3.8, 4) is 5.75 Å². The summed E-state index contributed by atoms with van der Waals surface area (Å²) in [5.41, 5.74) is 3.79. The van der Waals surface area contributed by atoms with E-state index in [1.165, 1.54) is 6.21 Å². The van der Waals surface area contributed by atoms with Gasteiger partial charge in [-0.25, -0.2) is 5.43 Å². The van der Waals surface area contributed by atoms with Crippen molar-refractivity contribution in [2.45, 2.75) is 0 Å². The highest BCUT2D eigenvalue weighted by atomic mass is 79.9. The highest BCUT2D eigenvalue weighted by Crippen LogP contribution is 2.20. The molecule has 3 aromatic carbocycles. The van der Waals surface area contributed by atoms with Gasteiger partial charge in [0, 0.05) is 10.2 Å². The second kappa shape index (κ2) is 11.8. The standard InChI is InChI=1S/C23H18BrClN4O4/c24-16-4-3-5-17(12-16)27-22(31)23(32)29-26-13-15-8-10-18(11-9-15)33-14-21(30)28-20-7-2-1-6-19(20)25/h1-13H,14H2,(H,27,31)(H,28,30)(H,29,32)/b26-13-. The molecule has 0 bridgehead atoms. The number of carbonyl (C=O) groups excluding carboxylic acids is 3. The fourth-order valence-corrected chi connectivity index (χ4v) is 3.10. The number of hydrazone groups is 1. The van der Waals surface area contributed by atoms with Crippen LogP contribution in [0.4, 0.5) is 11.4 Å². The number of para-hydroxylation sites is 1. The Morgan fingerprint density at radius 3 is 2.42 bits per heavy atom. The highest BCUT2D eigenvalue weighted by molar-refractivity contribution is 9.10. The Morgan fingerprint density at radius 1 is 0.939 bits per heavy atom. The van der Waals surface area contributed by atoms with Crippen molar-refractivity contribution in [3.63, 3.8) is 0 Å². The summed E-state index contributed by atoms with van der Waals surface area (Å²) in [4.78, 5) is 35.8. The van der Waals surface area contributed by atoms with Gasteiger partial charge in [0.25, 0.3) is 5.91 Å². The fourth-order valence-electron chi connectivity index (χ4n) is 2.52. The van der Waals surface area contributed by atoms with Crippen LogP contribution in [0.2, 0.25) is 5.02 Å². The number of anilines is 2. The minimum atomic E-state index is -0.907. The van der Waals surface area contributed by atoms with Gasteiger partial charge in [0.15, 0.2) is 6.61 Å². The molecule has 0 aromatic heterocycles. The molecule has 3 N–H and O–H groups in total. The van der Waals surface area contributed by atoms with Gasteiger partial charge in [0.2, 0.25) is 0 Å². The molecule has 8 nitrogen and oxygen atoms in total. The van der Waals surface area contributed by atoms with Crippen molar-refractivity contribution < 1.29 is 19.1 Å². The lowest BCUT2D eigenvalue weighted by Crippen LogP contribution is -2.32. The smallest absolute Gasteiger partial charge is 0.329 e. The van der Waals surface area contributed by atoms with E-state index in [9.17, 15) is 14.4 Å². The van der Waals surface area contributed by atoms with Crippen LogP contribution >= 0.6 is 27.5 Å². The molecule has 0 spiro atoms. The monoisotopic (exact) mass is 528 g/mol. The first-order valence-corrected chi connectivity index (χ1v) is 10.7. The third-order valence-electron chi connectivity index (χ3n) is 4.07. The quantitative estimate of drug-likeness (QED) is 0.242. The summed E-state index contributed by atoms with van der Waals surface area (Å²) >= 11 is 9.29. The number of benzene rings is 3. The van der Waals surface area contributed by atoms with Crippen LogP contribution in [0.5, 0.6) is 5.75 Å². The number of rotatable bonds is 7. The average Bonchev–Trinajstić information content (AvgIpc) is 2.80. The number of ether oxygens (including phenoxy) is 1. The summed E-state index contributed by atoms with van der Waals surface area (Å²) in [6.45, 7) is -0.193. The molecule has 0 fully saturated rings. The van der Waals surface area contributed by atoms with E-state index in [0.29, 0.717) is 27.7 Å². The number of hydrogen-bond acceptors (Lipinski definition) is 5. The number of nitrogens with zero attached hydrogens (tertiary/aromatic N) is 1. The van der Waals surface area contributed by atoms with Gasteiger partial charge in [-0.3, -0.25) is 14.4 Å². The van der Waals surface area contributed by atoms with E-state index in [0.717, 1.165) is 4.47 Å². The van der Waals surface area contributed by atoms with E-state index >= 15 is 0 Å². The van der Waals surface area contributed by atoms with E-state index in [1.807, 2.05) is 0 Å². The Bertz CT molecular complexity index is 1190. The van der Waals surface area contributed by atoms with E-state index in [-0.39, 0.29) is 12.5 Å². The van der Waals surface area contributed by atoms with Gasteiger partial charge in [-0.15, -0.1) is 0 Å². The van der Waals surface area contributed by atoms with E-state index in [2.05, 4.69) is 37.1 Å². The molecule has 3 rings (SSSR count). The van der Waals surface area contributed by atoms with Crippen molar-refractivity contribution in [1.82, 2.24) is 5.43 Å². The maximum Gasteiger partial charge on any atom is 0.329 e. The molecule has 0 aliphatic carbocycles. The normalized spacial score (nSPS) is 10.5. The zero-order valence-electron chi connectivity index (χ0n) is 17.0. The van der Waals surface area contributed by atoms with Crippen LogP contribution in [-0.4, -0.2) is 30.5 Å². The summed E-state index contributed by atoms with van der Waals surface area (Å²) in [5.74, 6) is -1.63. The van der Waals surface area contributed by atoms with Gasteiger partial charge in [-0.2, -0.15) is 5.10 Å². The summed E-state index contributed by atoms with van der Waals surface area (Å²) in [5, 5.41) is 9.34. The van der Waals surface area contributed by atoms with Crippen LogP contribution < -0.4 is 20.8 Å². The molecule has 0 saturated heterocycles. The summed E-state index contributed by atoms with van der Waals surface area (Å²) in [6.07, 6.45) is 1.37. The van der Waals surface area contributed by atoms with Crippen molar-refractivity contribution in [2.24, 2.45) is 5.10 Å². The third-order valence-corrected chi connectivity index (χ3v) is 4.89. The van der Waals surface area contributed by atoms with Gasteiger partial charge >= 0.3 is 11.8 Å². The molecule has 0 unspecified atom stereocenters. The van der Waals surface area contributed by atoms with Crippen LogP contribution in [0.15, 0.2) is 82.4 Å². The first-order chi connectivity index (χ1) is 15.9. The molecule has 3 amide bonds. The summed E-state index contributed by atoms with van der Waals surface area (Å²) in [6, 6.07) is 20.4. The third kappa shape index (κ3) is 7.74. The topological polar surface area (TPSA) is 109 Å². The maximum atomic E-state index is 12.0. The first-order valence-electron chi connectivity index (χ1n) is 9.58. The number of nitrogens with one attached hydrogen (secondary N) is 3. The van der Waals surface area contributed by atoms with Crippen molar-refractivity contribution in [3.05, 3.63) is 87.9 Å². The minimum absolute atomic E-state index is 0.193. The Hall–Kier alpha value is -3.69.